The fraction of sp³-hybridized carbons (Fsp3) is 0.579. The summed E-state index contributed by atoms with van der Waals surface area (Å²) in [7, 11) is 0. The standard InChI is InChI=1S/C19H26N6O2/c1-18(2)12-20-17(27)19(21-13-18)7-9-24(10-8-19)16(26)11-25-22-14-5-3-4-6-15(14)23-25/h3-6,21H,7-13H2,1-2H3,(H,20,27). The molecule has 0 bridgehead atoms. The van der Waals surface area contributed by atoms with E-state index in [2.05, 4.69) is 34.7 Å². The maximum absolute atomic E-state index is 12.7. The van der Waals surface area contributed by atoms with E-state index in [-0.39, 0.29) is 23.8 Å². The molecule has 2 aliphatic heterocycles. The second-order valence-electron chi connectivity index (χ2n) is 8.38. The van der Waals surface area contributed by atoms with Crippen LogP contribution in [0.4, 0.5) is 0 Å². The summed E-state index contributed by atoms with van der Waals surface area (Å²) in [4.78, 5) is 28.6. The minimum Gasteiger partial charge on any atom is -0.354 e. The summed E-state index contributed by atoms with van der Waals surface area (Å²) in [6.07, 6.45) is 1.24. The molecule has 1 aromatic heterocycles. The van der Waals surface area contributed by atoms with Gasteiger partial charge in [-0.2, -0.15) is 15.0 Å². The summed E-state index contributed by atoms with van der Waals surface area (Å²) in [5, 5.41) is 15.3. The molecule has 0 unspecified atom stereocenters. The summed E-state index contributed by atoms with van der Waals surface area (Å²) >= 11 is 0. The van der Waals surface area contributed by atoms with Crippen molar-refractivity contribution >= 4 is 22.8 Å². The van der Waals surface area contributed by atoms with Crippen LogP contribution in [0, 0.1) is 5.41 Å². The van der Waals surface area contributed by atoms with Crippen molar-refractivity contribution in [2.75, 3.05) is 26.2 Å². The molecule has 0 saturated carbocycles. The van der Waals surface area contributed by atoms with Gasteiger partial charge in [-0.1, -0.05) is 26.0 Å². The second-order valence-corrected chi connectivity index (χ2v) is 8.38. The zero-order chi connectivity index (χ0) is 19.1. The van der Waals surface area contributed by atoms with Crippen LogP contribution in [0.1, 0.15) is 26.7 Å². The fourth-order valence-corrected chi connectivity index (χ4v) is 3.78. The predicted octanol–water partition coefficient (Wildman–Crippen LogP) is 0.538. The summed E-state index contributed by atoms with van der Waals surface area (Å²) in [5.41, 5.74) is 1.03. The number of piperidine rings is 1. The third kappa shape index (κ3) is 3.53. The molecular weight excluding hydrogens is 344 g/mol. The molecule has 0 radical (unpaired) electrons. The van der Waals surface area contributed by atoms with E-state index in [0.717, 1.165) is 17.6 Å². The van der Waals surface area contributed by atoms with E-state index in [1.807, 2.05) is 29.2 Å². The maximum Gasteiger partial charge on any atom is 0.246 e. The molecule has 2 saturated heterocycles. The first-order valence-corrected chi connectivity index (χ1v) is 9.48. The van der Waals surface area contributed by atoms with E-state index >= 15 is 0 Å². The summed E-state index contributed by atoms with van der Waals surface area (Å²) < 4.78 is 0. The van der Waals surface area contributed by atoms with Crippen LogP contribution in [0.25, 0.3) is 11.0 Å². The van der Waals surface area contributed by atoms with Gasteiger partial charge in [0, 0.05) is 26.2 Å². The minimum absolute atomic E-state index is 0.0143. The van der Waals surface area contributed by atoms with Gasteiger partial charge in [0.15, 0.2) is 0 Å². The highest BCUT2D eigenvalue weighted by Gasteiger charge is 2.44. The Hall–Kier alpha value is -2.48. The van der Waals surface area contributed by atoms with Crippen molar-refractivity contribution in [3.63, 3.8) is 0 Å². The van der Waals surface area contributed by atoms with Crippen molar-refractivity contribution in [2.24, 2.45) is 5.41 Å². The Labute approximate surface area is 158 Å². The zero-order valence-electron chi connectivity index (χ0n) is 15.9. The van der Waals surface area contributed by atoms with Gasteiger partial charge in [-0.05, 0) is 30.4 Å². The van der Waals surface area contributed by atoms with Gasteiger partial charge in [-0.15, -0.1) is 0 Å². The number of hydrogen-bond acceptors (Lipinski definition) is 5. The predicted molar refractivity (Wildman–Crippen MR) is 101 cm³/mol. The number of carbonyl (C=O) groups excluding carboxylic acids is 2. The summed E-state index contributed by atoms with van der Waals surface area (Å²) in [6.45, 7) is 6.96. The van der Waals surface area contributed by atoms with Gasteiger partial charge in [0.2, 0.25) is 11.8 Å². The molecular formula is C19H26N6O2. The third-order valence-corrected chi connectivity index (χ3v) is 5.64. The lowest BCUT2D eigenvalue weighted by Gasteiger charge is -2.40. The van der Waals surface area contributed by atoms with E-state index in [0.29, 0.717) is 32.5 Å². The number of aromatic nitrogens is 3. The first-order valence-electron chi connectivity index (χ1n) is 9.48. The van der Waals surface area contributed by atoms with Gasteiger partial charge in [0.25, 0.3) is 0 Å². The molecule has 3 heterocycles. The monoisotopic (exact) mass is 370 g/mol. The SMILES string of the molecule is CC1(C)CNC(=O)C2(CCN(C(=O)Cn3nc4ccccc4n3)CC2)NC1. The molecule has 8 heteroatoms. The lowest BCUT2D eigenvalue weighted by atomic mass is 9.86. The first kappa shape index (κ1) is 17.9. The molecule has 27 heavy (non-hydrogen) atoms. The number of benzene rings is 1. The topological polar surface area (TPSA) is 92.2 Å². The van der Waals surface area contributed by atoms with Crippen molar-refractivity contribution in [1.82, 2.24) is 30.5 Å². The fourth-order valence-electron chi connectivity index (χ4n) is 3.78. The molecule has 0 aliphatic carbocycles. The molecule has 8 nitrogen and oxygen atoms in total. The van der Waals surface area contributed by atoms with Gasteiger partial charge in [0.05, 0.1) is 0 Å². The van der Waals surface area contributed by atoms with Crippen LogP contribution in [0.15, 0.2) is 24.3 Å². The Kier molecular flexibility index (Phi) is 4.38. The van der Waals surface area contributed by atoms with Gasteiger partial charge < -0.3 is 15.5 Å². The number of amides is 2. The lowest BCUT2D eigenvalue weighted by Crippen LogP contribution is -2.61. The number of fused-ring (bicyclic) bond motifs is 1. The van der Waals surface area contributed by atoms with Crippen molar-refractivity contribution in [3.8, 4) is 0 Å². The highest BCUT2D eigenvalue weighted by molar-refractivity contribution is 5.87. The first-order chi connectivity index (χ1) is 12.9. The average molecular weight is 370 g/mol. The van der Waals surface area contributed by atoms with E-state index < -0.39 is 5.54 Å². The van der Waals surface area contributed by atoms with Crippen molar-refractivity contribution in [2.45, 2.75) is 38.8 Å². The molecule has 0 atom stereocenters. The minimum atomic E-state index is -0.566. The molecule has 2 amide bonds. The largest absolute Gasteiger partial charge is 0.354 e. The number of nitrogens with zero attached hydrogens (tertiary/aromatic N) is 4. The van der Waals surface area contributed by atoms with E-state index in [1.165, 1.54) is 4.80 Å². The maximum atomic E-state index is 12.7. The van der Waals surface area contributed by atoms with Crippen LogP contribution in [0.5, 0.6) is 0 Å². The lowest BCUT2D eigenvalue weighted by molar-refractivity contribution is -0.138. The van der Waals surface area contributed by atoms with Gasteiger partial charge >= 0.3 is 0 Å². The summed E-state index contributed by atoms with van der Waals surface area (Å²) in [6, 6.07) is 7.57. The number of nitrogens with one attached hydrogen (secondary N) is 2. The van der Waals surface area contributed by atoms with Crippen LogP contribution in [0.2, 0.25) is 0 Å². The second kappa shape index (κ2) is 6.60. The Morgan fingerprint density at radius 1 is 1.11 bits per heavy atom. The zero-order valence-corrected chi connectivity index (χ0v) is 15.9. The number of hydrogen-bond donors (Lipinski definition) is 2. The highest BCUT2D eigenvalue weighted by Crippen LogP contribution is 2.27. The molecule has 144 valence electrons. The van der Waals surface area contributed by atoms with Crippen molar-refractivity contribution in [3.05, 3.63) is 24.3 Å². The third-order valence-electron chi connectivity index (χ3n) is 5.64. The number of likely N-dealkylation sites (tertiary alicyclic amines) is 1. The highest BCUT2D eigenvalue weighted by atomic mass is 16.2. The molecule has 2 aromatic rings. The Morgan fingerprint density at radius 2 is 1.74 bits per heavy atom. The summed E-state index contributed by atoms with van der Waals surface area (Å²) in [5.74, 6) is 0.0414. The van der Waals surface area contributed by atoms with E-state index in [9.17, 15) is 9.59 Å². The molecule has 2 N–H and O–H groups in total. The van der Waals surface area contributed by atoms with Crippen molar-refractivity contribution in [1.29, 1.82) is 0 Å². The van der Waals surface area contributed by atoms with Crippen LogP contribution >= 0.6 is 0 Å². The quantitative estimate of drug-likeness (QED) is 0.805. The molecule has 4 rings (SSSR count). The van der Waals surface area contributed by atoms with Crippen LogP contribution < -0.4 is 10.6 Å². The van der Waals surface area contributed by atoms with Crippen LogP contribution in [-0.2, 0) is 16.1 Å². The van der Waals surface area contributed by atoms with Gasteiger partial charge in [0.1, 0.15) is 23.1 Å². The number of carbonyl (C=O) groups is 2. The van der Waals surface area contributed by atoms with Crippen molar-refractivity contribution < 1.29 is 9.59 Å². The van der Waals surface area contributed by atoms with E-state index in [1.54, 1.807) is 0 Å². The molecule has 2 aliphatic rings. The molecule has 1 spiro atoms. The Balaban J connectivity index is 1.39. The van der Waals surface area contributed by atoms with E-state index in [4.69, 9.17) is 0 Å². The van der Waals surface area contributed by atoms with Crippen LogP contribution in [-0.4, -0.2) is 63.4 Å². The smallest absolute Gasteiger partial charge is 0.246 e. The molecule has 2 fully saturated rings. The van der Waals surface area contributed by atoms with Crippen LogP contribution in [0.3, 0.4) is 0 Å². The Bertz CT molecular complexity index is 833. The van der Waals surface area contributed by atoms with Gasteiger partial charge in [-0.3, -0.25) is 9.59 Å². The Morgan fingerprint density at radius 3 is 2.37 bits per heavy atom. The number of rotatable bonds is 2. The average Bonchev–Trinajstić information content (AvgIpc) is 3.02. The normalized spacial score (nSPS) is 21.9. The molecule has 1 aromatic carbocycles. The van der Waals surface area contributed by atoms with Gasteiger partial charge in [-0.25, -0.2) is 0 Å².